The van der Waals surface area contributed by atoms with E-state index in [2.05, 4.69) is 10.6 Å². The second-order valence-electron chi connectivity index (χ2n) is 5.98. The van der Waals surface area contributed by atoms with Gasteiger partial charge in [-0.25, -0.2) is 4.79 Å². The molecule has 0 unspecified atom stereocenters. The summed E-state index contributed by atoms with van der Waals surface area (Å²) in [4.78, 5) is 26.3. The monoisotopic (exact) mass is 384 g/mol. The zero-order valence-electron chi connectivity index (χ0n) is 14.2. The van der Waals surface area contributed by atoms with E-state index in [1.165, 1.54) is 11.3 Å². The Kier molecular flexibility index (Phi) is 4.26. The highest BCUT2D eigenvalue weighted by atomic mass is 32.1. The third-order valence-electron chi connectivity index (χ3n) is 4.29. The second-order valence-corrected chi connectivity index (χ2v) is 8.15. The molecule has 4 rings (SSSR count). The summed E-state index contributed by atoms with van der Waals surface area (Å²) >= 11 is 2.91. The molecule has 132 valence electrons. The molecule has 3 aromatic rings. The van der Waals surface area contributed by atoms with Crippen molar-refractivity contribution < 1.29 is 14.3 Å². The van der Waals surface area contributed by atoms with Gasteiger partial charge in [0, 0.05) is 4.88 Å². The number of esters is 1. The summed E-state index contributed by atoms with van der Waals surface area (Å²) in [5.41, 5.74) is 2.54. The first-order valence-corrected chi connectivity index (χ1v) is 9.75. The number of nitrogens with one attached hydrogen (secondary N) is 2. The number of thiophene rings is 2. The van der Waals surface area contributed by atoms with Gasteiger partial charge in [-0.05, 0) is 48.6 Å². The van der Waals surface area contributed by atoms with Crippen LogP contribution < -0.4 is 15.4 Å². The molecule has 5 nitrogen and oxygen atoms in total. The second kappa shape index (κ2) is 6.59. The molecule has 2 aromatic heterocycles. The van der Waals surface area contributed by atoms with Crippen LogP contribution in [0, 0.1) is 13.8 Å². The first kappa shape index (κ1) is 16.8. The number of amides is 1. The van der Waals surface area contributed by atoms with Crippen molar-refractivity contribution >= 4 is 39.6 Å². The van der Waals surface area contributed by atoms with Gasteiger partial charge in [0.2, 0.25) is 0 Å². The zero-order chi connectivity index (χ0) is 18.3. The van der Waals surface area contributed by atoms with Crippen LogP contribution in [-0.4, -0.2) is 11.9 Å². The van der Waals surface area contributed by atoms with Crippen LogP contribution in [0.25, 0.3) is 0 Å². The van der Waals surface area contributed by atoms with E-state index in [1.807, 2.05) is 31.4 Å². The van der Waals surface area contributed by atoms with Crippen LogP contribution in [-0.2, 0) is 0 Å². The predicted octanol–water partition coefficient (Wildman–Crippen LogP) is 4.50. The molecule has 0 saturated carbocycles. The number of anilines is 1. The largest absolute Gasteiger partial charge is 0.422 e. The van der Waals surface area contributed by atoms with E-state index >= 15 is 0 Å². The Bertz CT molecular complexity index is 992. The van der Waals surface area contributed by atoms with Gasteiger partial charge in [-0.15, -0.1) is 22.7 Å². The number of carbonyl (C=O) groups excluding carboxylic acids is 2. The molecule has 0 saturated heterocycles. The topological polar surface area (TPSA) is 67.4 Å². The van der Waals surface area contributed by atoms with Crippen molar-refractivity contribution in [3.8, 4) is 5.75 Å². The van der Waals surface area contributed by atoms with Gasteiger partial charge in [0.25, 0.3) is 5.91 Å². The van der Waals surface area contributed by atoms with Crippen molar-refractivity contribution in [2.75, 3.05) is 5.32 Å². The van der Waals surface area contributed by atoms with Gasteiger partial charge in [-0.1, -0.05) is 18.2 Å². The van der Waals surface area contributed by atoms with Crippen LogP contribution in [0.4, 0.5) is 5.00 Å². The quantitative estimate of drug-likeness (QED) is 0.515. The van der Waals surface area contributed by atoms with Crippen LogP contribution in [0.2, 0.25) is 0 Å². The molecule has 2 N–H and O–H groups in total. The van der Waals surface area contributed by atoms with Crippen LogP contribution >= 0.6 is 22.7 Å². The molecule has 1 atom stereocenters. The van der Waals surface area contributed by atoms with Crippen LogP contribution in [0.15, 0.2) is 41.8 Å². The average Bonchev–Trinajstić information content (AvgIpc) is 3.24. The van der Waals surface area contributed by atoms with Crippen LogP contribution in [0.3, 0.4) is 0 Å². The molecule has 7 heteroatoms. The summed E-state index contributed by atoms with van der Waals surface area (Å²) in [6.07, 6.45) is -0.368. The number of aryl methyl sites for hydroxylation is 1. The van der Waals surface area contributed by atoms with Crippen molar-refractivity contribution in [3.05, 3.63) is 68.2 Å². The van der Waals surface area contributed by atoms with E-state index in [4.69, 9.17) is 4.74 Å². The Labute approximate surface area is 158 Å². The number of rotatable bonds is 3. The Balaban J connectivity index is 1.57. The third kappa shape index (κ3) is 3.00. The molecule has 0 aliphatic carbocycles. The lowest BCUT2D eigenvalue weighted by Gasteiger charge is -2.26. The van der Waals surface area contributed by atoms with Crippen molar-refractivity contribution in [1.29, 1.82) is 0 Å². The van der Waals surface area contributed by atoms with Gasteiger partial charge in [0.05, 0.1) is 5.56 Å². The number of fused-ring (bicyclic) bond motifs is 1. The standard InChI is InChI=1S/C19H16N2O3S2/c1-10-11(2)26-18-15(10)17(22)20-16(21-18)12-5-3-6-13(9-12)24-19(23)14-7-4-8-25-14/h3-9,16,21H,1-2H3,(H,20,22)/t16-/m1/s1. The molecule has 26 heavy (non-hydrogen) atoms. The van der Waals surface area contributed by atoms with E-state index in [1.54, 1.807) is 35.6 Å². The first-order valence-electron chi connectivity index (χ1n) is 8.06. The smallest absolute Gasteiger partial charge is 0.353 e. The van der Waals surface area contributed by atoms with E-state index in [-0.39, 0.29) is 18.0 Å². The Morgan fingerprint density at radius 2 is 2.00 bits per heavy atom. The fourth-order valence-electron chi connectivity index (χ4n) is 2.85. The fraction of sp³-hybridized carbons (Fsp3) is 0.158. The number of carbonyl (C=O) groups is 2. The molecule has 3 heterocycles. The van der Waals surface area contributed by atoms with E-state index in [0.717, 1.165) is 21.0 Å². The average molecular weight is 384 g/mol. The first-order chi connectivity index (χ1) is 12.5. The lowest BCUT2D eigenvalue weighted by molar-refractivity contribution is 0.0739. The number of hydrogen-bond acceptors (Lipinski definition) is 6. The van der Waals surface area contributed by atoms with Crippen molar-refractivity contribution in [2.24, 2.45) is 0 Å². The highest BCUT2D eigenvalue weighted by Crippen LogP contribution is 2.37. The summed E-state index contributed by atoms with van der Waals surface area (Å²) in [6, 6.07) is 10.7. The van der Waals surface area contributed by atoms with Gasteiger partial charge >= 0.3 is 5.97 Å². The van der Waals surface area contributed by atoms with Gasteiger partial charge in [-0.3, -0.25) is 4.79 Å². The Morgan fingerprint density at radius 3 is 2.77 bits per heavy atom. The lowest BCUT2D eigenvalue weighted by atomic mass is 10.1. The minimum atomic E-state index is -0.385. The van der Waals surface area contributed by atoms with E-state index in [9.17, 15) is 9.59 Å². The van der Waals surface area contributed by atoms with Crippen LogP contribution in [0.1, 0.15) is 42.2 Å². The summed E-state index contributed by atoms with van der Waals surface area (Å²) in [5.74, 6) is -0.0301. The van der Waals surface area contributed by atoms with E-state index in [0.29, 0.717) is 16.2 Å². The molecule has 0 spiro atoms. The third-order valence-corrected chi connectivity index (χ3v) is 6.28. The number of hydrogen-bond donors (Lipinski definition) is 2. The summed E-state index contributed by atoms with van der Waals surface area (Å²) in [7, 11) is 0. The van der Waals surface area contributed by atoms with Crippen molar-refractivity contribution in [2.45, 2.75) is 20.0 Å². The zero-order valence-corrected chi connectivity index (χ0v) is 15.8. The van der Waals surface area contributed by atoms with Gasteiger partial charge in [-0.2, -0.15) is 0 Å². The normalized spacial score (nSPS) is 15.8. The fourth-order valence-corrected chi connectivity index (χ4v) is 4.53. The minimum Gasteiger partial charge on any atom is -0.422 e. The van der Waals surface area contributed by atoms with Gasteiger partial charge in [0.1, 0.15) is 21.8 Å². The molecular formula is C19H16N2O3S2. The maximum absolute atomic E-state index is 12.5. The molecule has 1 amide bonds. The molecule has 0 bridgehead atoms. The van der Waals surface area contributed by atoms with Gasteiger partial charge in [0.15, 0.2) is 0 Å². The van der Waals surface area contributed by atoms with Crippen molar-refractivity contribution in [3.63, 3.8) is 0 Å². The maximum Gasteiger partial charge on any atom is 0.353 e. The molecule has 1 aromatic carbocycles. The predicted molar refractivity (Wildman–Crippen MR) is 103 cm³/mol. The molecule has 1 aliphatic heterocycles. The maximum atomic E-state index is 12.5. The van der Waals surface area contributed by atoms with Crippen LogP contribution in [0.5, 0.6) is 5.75 Å². The Morgan fingerprint density at radius 1 is 1.15 bits per heavy atom. The summed E-state index contributed by atoms with van der Waals surface area (Å²) in [5, 5.41) is 9.03. The molecule has 0 radical (unpaired) electrons. The SMILES string of the molecule is Cc1sc2c(c1C)C(=O)N[C@@H](c1cccc(OC(=O)c3cccs3)c1)N2. The molecular weight excluding hydrogens is 368 g/mol. The van der Waals surface area contributed by atoms with Crippen molar-refractivity contribution in [1.82, 2.24) is 5.32 Å². The summed E-state index contributed by atoms with van der Waals surface area (Å²) < 4.78 is 5.44. The van der Waals surface area contributed by atoms with E-state index < -0.39 is 0 Å². The lowest BCUT2D eigenvalue weighted by Crippen LogP contribution is -2.38. The Hall–Kier alpha value is -2.64. The summed E-state index contributed by atoms with van der Waals surface area (Å²) in [6.45, 7) is 3.96. The highest BCUT2D eigenvalue weighted by Gasteiger charge is 2.29. The van der Waals surface area contributed by atoms with Gasteiger partial charge < -0.3 is 15.4 Å². The number of ether oxygens (including phenoxy) is 1. The molecule has 0 fully saturated rings. The molecule has 1 aliphatic rings. The number of benzene rings is 1. The minimum absolute atomic E-state index is 0.0911. The highest BCUT2D eigenvalue weighted by molar-refractivity contribution is 7.16.